The molecule has 0 fully saturated rings. The molecule has 0 atom stereocenters. The van der Waals surface area contributed by atoms with Gasteiger partial charge in [-0.15, -0.1) is 0 Å². The topological polar surface area (TPSA) is 66.7 Å². The van der Waals surface area contributed by atoms with Crippen LogP contribution in [0.1, 0.15) is 0 Å². The van der Waals surface area contributed by atoms with E-state index in [9.17, 15) is 0 Å². The van der Waals surface area contributed by atoms with Crippen molar-refractivity contribution < 1.29 is 0 Å². The Balaban J connectivity index is 0.000000222. The first kappa shape index (κ1) is 6.68. The molecule has 1 aromatic rings. The minimum absolute atomic E-state index is 1.64. The molecular formula is C4H5N3O. The summed E-state index contributed by atoms with van der Waals surface area (Å²) in [6.45, 7) is 0. The fourth-order valence-electron chi connectivity index (χ4n) is 0.253. The lowest BCUT2D eigenvalue weighted by molar-refractivity contribution is 1.20. The molecule has 1 N–H and O–H groups in total. The molecule has 0 bridgehead atoms. The normalized spacial score (nSPS) is 6.50. The molecule has 0 spiro atoms. The lowest BCUT2D eigenvalue weighted by Crippen LogP contribution is -1.66. The van der Waals surface area contributed by atoms with Gasteiger partial charge < -0.3 is 0 Å². The van der Waals surface area contributed by atoms with Gasteiger partial charge in [-0.3, -0.25) is 9.97 Å². The molecular weight excluding hydrogens is 106 g/mol. The molecule has 1 rings (SSSR count). The van der Waals surface area contributed by atoms with Gasteiger partial charge in [0.15, 0.2) is 0 Å². The summed E-state index contributed by atoms with van der Waals surface area (Å²) in [6, 6.07) is 0. The van der Waals surface area contributed by atoms with E-state index in [4.69, 9.17) is 4.91 Å². The van der Waals surface area contributed by atoms with Gasteiger partial charge >= 0.3 is 0 Å². The number of hydrogen-bond donors (Lipinski definition) is 1. The third-order valence-electron chi connectivity index (χ3n) is 0.478. The zero-order valence-electron chi connectivity index (χ0n) is 4.11. The second kappa shape index (κ2) is 5.68. The second-order valence-electron chi connectivity index (χ2n) is 0.894. The molecule has 1 heterocycles. The standard InChI is InChI=1S/C4H4N2.HNO/c1-2-6-4-3-5-1;1-2/h1-4H;1H. The molecule has 4 heteroatoms. The van der Waals surface area contributed by atoms with Crippen molar-refractivity contribution in [2.45, 2.75) is 0 Å². The largest absolute Gasteiger partial charge is 0.262 e. The minimum Gasteiger partial charge on any atom is -0.262 e. The van der Waals surface area contributed by atoms with Crippen LogP contribution in [0.4, 0.5) is 0 Å². The molecule has 0 saturated heterocycles. The maximum atomic E-state index is 7.50. The summed E-state index contributed by atoms with van der Waals surface area (Å²) in [5.41, 5.74) is 4.50. The summed E-state index contributed by atoms with van der Waals surface area (Å²) in [7, 11) is 0. The highest BCUT2D eigenvalue weighted by Crippen LogP contribution is 1.65. The van der Waals surface area contributed by atoms with Crippen molar-refractivity contribution in [2.75, 3.05) is 0 Å². The van der Waals surface area contributed by atoms with Crippen molar-refractivity contribution in [3.63, 3.8) is 0 Å². The molecule has 0 aliphatic rings. The van der Waals surface area contributed by atoms with Gasteiger partial charge in [0.2, 0.25) is 0 Å². The van der Waals surface area contributed by atoms with Crippen LogP contribution in [0.2, 0.25) is 0 Å². The average Bonchev–Trinajstić information content (AvgIpc) is 1.96. The smallest absolute Gasteiger partial charge is 0.0451 e. The van der Waals surface area contributed by atoms with Crippen molar-refractivity contribution >= 4 is 0 Å². The van der Waals surface area contributed by atoms with Crippen molar-refractivity contribution in [2.24, 2.45) is 0 Å². The third kappa shape index (κ3) is 2.89. The van der Waals surface area contributed by atoms with Crippen LogP contribution >= 0.6 is 0 Å². The summed E-state index contributed by atoms with van der Waals surface area (Å²) in [4.78, 5) is 14.9. The first-order valence-electron chi connectivity index (χ1n) is 1.90. The zero-order valence-corrected chi connectivity index (χ0v) is 4.11. The summed E-state index contributed by atoms with van der Waals surface area (Å²) in [5, 5.41) is 0. The van der Waals surface area contributed by atoms with E-state index in [0.717, 1.165) is 0 Å². The maximum absolute atomic E-state index is 7.50. The summed E-state index contributed by atoms with van der Waals surface area (Å²) >= 11 is 0. The van der Waals surface area contributed by atoms with Gasteiger partial charge in [0.1, 0.15) is 0 Å². The van der Waals surface area contributed by atoms with E-state index in [-0.39, 0.29) is 0 Å². The highest BCUT2D eigenvalue weighted by Gasteiger charge is 1.59. The number of aromatic nitrogens is 2. The van der Waals surface area contributed by atoms with E-state index in [1.807, 2.05) is 0 Å². The molecule has 8 heavy (non-hydrogen) atoms. The van der Waals surface area contributed by atoms with Crippen LogP contribution in [0.3, 0.4) is 0 Å². The van der Waals surface area contributed by atoms with Gasteiger partial charge in [0.05, 0.1) is 0 Å². The first-order chi connectivity index (χ1) is 4.00. The number of rotatable bonds is 0. The van der Waals surface area contributed by atoms with Gasteiger partial charge in [-0.05, 0) is 0 Å². The first-order valence-corrected chi connectivity index (χ1v) is 1.90. The van der Waals surface area contributed by atoms with Crippen LogP contribution in [0.5, 0.6) is 0 Å². The van der Waals surface area contributed by atoms with E-state index in [2.05, 4.69) is 15.6 Å². The fourth-order valence-corrected chi connectivity index (χ4v) is 0.253. The summed E-state index contributed by atoms with van der Waals surface area (Å²) in [5.74, 6) is 0. The number of nitrogens with zero attached hydrogens (tertiary/aromatic N) is 2. The zero-order chi connectivity index (χ0) is 6.24. The Hall–Kier alpha value is -1.32. The molecule has 0 radical (unpaired) electrons. The molecule has 1 aromatic heterocycles. The molecule has 4 nitrogen and oxygen atoms in total. The Morgan fingerprint density at radius 1 is 0.875 bits per heavy atom. The molecule has 42 valence electrons. The van der Waals surface area contributed by atoms with Crippen LogP contribution < -0.4 is 0 Å². The Morgan fingerprint density at radius 2 is 1.12 bits per heavy atom. The molecule has 0 aromatic carbocycles. The Morgan fingerprint density at radius 3 is 1.25 bits per heavy atom. The summed E-state index contributed by atoms with van der Waals surface area (Å²) < 4.78 is 0. The van der Waals surface area contributed by atoms with Crippen molar-refractivity contribution in [1.29, 1.82) is 5.59 Å². The van der Waals surface area contributed by atoms with Crippen molar-refractivity contribution in [3.8, 4) is 0 Å². The second-order valence-corrected chi connectivity index (χ2v) is 0.894. The van der Waals surface area contributed by atoms with Crippen LogP contribution in [-0.2, 0) is 0 Å². The van der Waals surface area contributed by atoms with Crippen molar-refractivity contribution in [1.82, 2.24) is 9.97 Å². The Kier molecular flexibility index (Phi) is 4.74. The molecule has 0 saturated carbocycles. The third-order valence-corrected chi connectivity index (χ3v) is 0.478. The average molecular weight is 111 g/mol. The Labute approximate surface area is 46.4 Å². The van der Waals surface area contributed by atoms with E-state index in [0.29, 0.717) is 0 Å². The van der Waals surface area contributed by atoms with Gasteiger partial charge in [-0.25, -0.2) is 0 Å². The quantitative estimate of drug-likeness (QED) is 0.503. The number of hydrogen-bond acceptors (Lipinski definition) is 4. The monoisotopic (exact) mass is 111 g/mol. The van der Waals surface area contributed by atoms with Crippen LogP contribution in [-0.4, -0.2) is 9.97 Å². The van der Waals surface area contributed by atoms with Gasteiger partial charge in [0.25, 0.3) is 0 Å². The predicted octanol–water partition coefficient (Wildman–Crippen LogP) is 0.808. The molecule has 0 unspecified atom stereocenters. The fraction of sp³-hybridized carbons (Fsp3) is 0. The van der Waals surface area contributed by atoms with Crippen molar-refractivity contribution in [3.05, 3.63) is 29.7 Å². The highest BCUT2D eigenvalue weighted by atomic mass is 16.2. The summed E-state index contributed by atoms with van der Waals surface area (Å²) in [6.07, 6.45) is 6.56. The molecule has 0 amide bonds. The van der Waals surface area contributed by atoms with E-state index >= 15 is 0 Å². The number of nitroso groups, excluding NO2 is 1. The lowest BCUT2D eigenvalue weighted by Gasteiger charge is -1.70. The number of nitrogens with one attached hydrogen (secondary N) is 1. The van der Waals surface area contributed by atoms with Gasteiger partial charge in [0, 0.05) is 24.8 Å². The van der Waals surface area contributed by atoms with E-state index < -0.39 is 0 Å². The predicted molar refractivity (Wildman–Crippen MR) is 28.1 cm³/mol. The van der Waals surface area contributed by atoms with Gasteiger partial charge in [-0.1, -0.05) is 5.59 Å². The highest BCUT2D eigenvalue weighted by molar-refractivity contribution is 4.70. The van der Waals surface area contributed by atoms with Crippen LogP contribution in [0.15, 0.2) is 24.8 Å². The van der Waals surface area contributed by atoms with Crippen LogP contribution in [0, 0.1) is 10.5 Å². The minimum atomic E-state index is 1.64. The van der Waals surface area contributed by atoms with E-state index in [1.165, 1.54) is 0 Å². The Bertz CT molecular complexity index is 94.1. The lowest BCUT2D eigenvalue weighted by atomic mass is 10.8. The maximum Gasteiger partial charge on any atom is 0.0451 e. The SMILES string of the molecule is N=O.c1cnccn1. The molecule has 0 aliphatic heterocycles. The van der Waals surface area contributed by atoms with Gasteiger partial charge in [-0.2, -0.15) is 4.91 Å². The molecule has 0 aliphatic carbocycles. The van der Waals surface area contributed by atoms with E-state index in [1.54, 1.807) is 24.8 Å². The van der Waals surface area contributed by atoms with Crippen LogP contribution in [0.25, 0.3) is 0 Å².